The number of hydrogen-bond donors (Lipinski definition) is 4. The maximum absolute atomic E-state index is 12.5. The zero-order valence-corrected chi connectivity index (χ0v) is 15.4. The van der Waals surface area contributed by atoms with Crippen LogP contribution in [0.25, 0.3) is 10.9 Å². The van der Waals surface area contributed by atoms with Crippen molar-refractivity contribution >= 4 is 22.8 Å². The number of fused-ring (bicyclic) bond motifs is 1. The van der Waals surface area contributed by atoms with E-state index in [-0.39, 0.29) is 5.92 Å². The van der Waals surface area contributed by atoms with Crippen LogP contribution in [0, 0.1) is 5.92 Å². The molecule has 0 aliphatic rings. The number of aliphatic hydroxyl groups excluding tert-OH is 1. The first-order valence-corrected chi connectivity index (χ1v) is 8.68. The summed E-state index contributed by atoms with van der Waals surface area (Å²) in [5.41, 5.74) is 1.52. The van der Waals surface area contributed by atoms with Gasteiger partial charge in [-0.15, -0.1) is 5.10 Å². The summed E-state index contributed by atoms with van der Waals surface area (Å²) in [6.07, 6.45) is 0.843. The highest BCUT2D eigenvalue weighted by Crippen LogP contribution is 2.24. The number of hydrogen-bond acceptors (Lipinski definition) is 5. The predicted octanol–water partition coefficient (Wildman–Crippen LogP) is 2.85. The highest BCUT2D eigenvalue weighted by Gasteiger charge is 2.25. The molecular weight excluding hydrogens is 346 g/mol. The van der Waals surface area contributed by atoms with Crippen LogP contribution < -0.4 is 15.4 Å². The number of nitrogens with one attached hydrogen (secondary N) is 3. The SMILES string of the molecule is COc1n[nH]c2cc(NC(=O)N[C@H](c3ccccc3)[C@@H](O)C(C)C)ncc12. The molecule has 2 heterocycles. The first-order valence-electron chi connectivity index (χ1n) is 8.68. The Hall–Kier alpha value is -3.13. The van der Waals surface area contributed by atoms with Gasteiger partial charge in [0.2, 0.25) is 5.88 Å². The van der Waals surface area contributed by atoms with E-state index in [0.29, 0.717) is 17.2 Å². The van der Waals surface area contributed by atoms with E-state index in [1.54, 1.807) is 12.3 Å². The summed E-state index contributed by atoms with van der Waals surface area (Å²) in [6, 6.07) is 10.0. The third-order valence-corrected chi connectivity index (χ3v) is 4.32. The van der Waals surface area contributed by atoms with E-state index in [4.69, 9.17) is 4.74 Å². The molecule has 0 radical (unpaired) electrons. The van der Waals surface area contributed by atoms with Crippen LogP contribution >= 0.6 is 0 Å². The molecule has 0 saturated carbocycles. The first-order chi connectivity index (χ1) is 13.0. The second kappa shape index (κ2) is 8.05. The Kier molecular flexibility index (Phi) is 5.56. The summed E-state index contributed by atoms with van der Waals surface area (Å²) in [7, 11) is 1.53. The number of amides is 2. The molecule has 4 N–H and O–H groups in total. The van der Waals surface area contributed by atoms with Crippen LogP contribution in [0.5, 0.6) is 5.88 Å². The van der Waals surface area contributed by atoms with Crippen LogP contribution in [0.1, 0.15) is 25.5 Å². The van der Waals surface area contributed by atoms with Gasteiger partial charge in [-0.1, -0.05) is 44.2 Å². The van der Waals surface area contributed by atoms with E-state index in [1.165, 1.54) is 7.11 Å². The minimum Gasteiger partial charge on any atom is -0.479 e. The largest absolute Gasteiger partial charge is 0.479 e. The molecule has 3 aromatic rings. The summed E-state index contributed by atoms with van der Waals surface area (Å²) in [4.78, 5) is 16.7. The fourth-order valence-corrected chi connectivity index (χ4v) is 2.82. The van der Waals surface area contributed by atoms with E-state index in [0.717, 1.165) is 10.9 Å². The van der Waals surface area contributed by atoms with Gasteiger partial charge < -0.3 is 15.2 Å². The monoisotopic (exact) mass is 369 g/mol. The van der Waals surface area contributed by atoms with Crippen molar-refractivity contribution in [3.8, 4) is 5.88 Å². The van der Waals surface area contributed by atoms with Gasteiger partial charge in [0.1, 0.15) is 5.82 Å². The average Bonchev–Trinajstić information content (AvgIpc) is 3.08. The van der Waals surface area contributed by atoms with E-state index in [9.17, 15) is 9.90 Å². The van der Waals surface area contributed by atoms with Crippen LogP contribution in [0.3, 0.4) is 0 Å². The fraction of sp³-hybridized carbons (Fsp3) is 0.316. The second-order valence-electron chi connectivity index (χ2n) is 6.57. The number of urea groups is 1. The number of anilines is 1. The summed E-state index contributed by atoms with van der Waals surface area (Å²) < 4.78 is 5.13. The summed E-state index contributed by atoms with van der Waals surface area (Å²) in [5.74, 6) is 0.775. The molecule has 0 aliphatic carbocycles. The minimum atomic E-state index is -0.731. The third-order valence-electron chi connectivity index (χ3n) is 4.32. The molecule has 1 aromatic carbocycles. The molecule has 8 heteroatoms. The highest BCUT2D eigenvalue weighted by molar-refractivity contribution is 5.92. The van der Waals surface area contributed by atoms with Crippen molar-refractivity contribution in [2.24, 2.45) is 5.92 Å². The Bertz CT molecular complexity index is 910. The molecule has 27 heavy (non-hydrogen) atoms. The van der Waals surface area contributed by atoms with E-state index in [2.05, 4.69) is 25.8 Å². The van der Waals surface area contributed by atoms with Gasteiger partial charge in [-0.25, -0.2) is 9.78 Å². The summed E-state index contributed by atoms with van der Waals surface area (Å²) in [6.45, 7) is 3.81. The molecule has 0 fully saturated rings. The Morgan fingerprint density at radius 2 is 2.00 bits per heavy atom. The molecule has 0 bridgehead atoms. The van der Waals surface area contributed by atoms with Crippen LogP contribution in [0.4, 0.5) is 10.6 Å². The normalized spacial score (nSPS) is 13.4. The van der Waals surface area contributed by atoms with Crippen molar-refractivity contribution in [2.75, 3.05) is 12.4 Å². The van der Waals surface area contributed by atoms with Crippen LogP contribution in [-0.2, 0) is 0 Å². The van der Waals surface area contributed by atoms with E-state index in [1.807, 2.05) is 44.2 Å². The zero-order chi connectivity index (χ0) is 19.4. The molecular formula is C19H23N5O3. The number of aromatic nitrogens is 3. The molecule has 142 valence electrons. The Morgan fingerprint density at radius 1 is 1.26 bits per heavy atom. The number of pyridine rings is 1. The van der Waals surface area contributed by atoms with E-state index < -0.39 is 18.2 Å². The lowest BCUT2D eigenvalue weighted by atomic mass is 9.94. The number of H-pyrrole nitrogens is 1. The number of methoxy groups -OCH3 is 1. The topological polar surface area (TPSA) is 112 Å². The number of aliphatic hydroxyl groups is 1. The second-order valence-corrected chi connectivity index (χ2v) is 6.57. The number of nitrogens with zero attached hydrogens (tertiary/aromatic N) is 2. The molecule has 2 aromatic heterocycles. The lowest BCUT2D eigenvalue weighted by Gasteiger charge is -2.27. The fourth-order valence-electron chi connectivity index (χ4n) is 2.82. The Labute approximate surface area is 157 Å². The lowest BCUT2D eigenvalue weighted by molar-refractivity contribution is 0.0870. The Morgan fingerprint density at radius 3 is 2.67 bits per heavy atom. The molecule has 2 amide bonds. The van der Waals surface area contributed by atoms with Gasteiger partial charge >= 0.3 is 6.03 Å². The van der Waals surface area contributed by atoms with E-state index >= 15 is 0 Å². The molecule has 0 spiro atoms. The van der Waals surface area contributed by atoms with Crippen LogP contribution in [0.2, 0.25) is 0 Å². The lowest BCUT2D eigenvalue weighted by Crippen LogP contribution is -2.40. The number of ether oxygens (including phenoxy) is 1. The number of rotatable bonds is 6. The third kappa shape index (κ3) is 4.17. The number of carbonyl (C=O) groups excluding carboxylic acids is 1. The standard InChI is InChI=1S/C19H23N5O3/c1-11(2)17(25)16(12-7-5-4-6-8-12)22-19(26)21-15-9-14-13(10-20-15)18(27-3)24-23-14/h4-11,16-17,25H,1-3H3,(H,23,24)(H2,20,21,22,26)/t16-,17+/m1/s1. The van der Waals surface area contributed by atoms with Gasteiger partial charge in [-0.2, -0.15) is 0 Å². The van der Waals surface area contributed by atoms with Crippen molar-refractivity contribution in [2.45, 2.75) is 26.0 Å². The molecule has 0 aliphatic heterocycles. The smallest absolute Gasteiger partial charge is 0.320 e. The average molecular weight is 369 g/mol. The predicted molar refractivity (Wildman–Crippen MR) is 103 cm³/mol. The van der Waals surface area contributed by atoms with Crippen molar-refractivity contribution in [1.29, 1.82) is 0 Å². The van der Waals surface area contributed by atoms with Crippen LogP contribution in [0.15, 0.2) is 42.6 Å². The molecule has 3 rings (SSSR count). The zero-order valence-electron chi connectivity index (χ0n) is 15.4. The van der Waals surface area contributed by atoms with Gasteiger partial charge in [0.25, 0.3) is 0 Å². The number of carbonyl (C=O) groups is 1. The molecule has 0 saturated heterocycles. The highest BCUT2D eigenvalue weighted by atomic mass is 16.5. The van der Waals surface area contributed by atoms with Crippen molar-refractivity contribution in [3.63, 3.8) is 0 Å². The number of benzene rings is 1. The van der Waals surface area contributed by atoms with Gasteiger partial charge in [0, 0.05) is 12.3 Å². The Balaban J connectivity index is 1.76. The maximum Gasteiger partial charge on any atom is 0.320 e. The molecule has 2 atom stereocenters. The van der Waals surface area contributed by atoms with Crippen LogP contribution in [-0.4, -0.2) is 39.5 Å². The minimum absolute atomic E-state index is 0.0255. The van der Waals surface area contributed by atoms with Gasteiger partial charge in [0.15, 0.2) is 0 Å². The number of aromatic amines is 1. The van der Waals surface area contributed by atoms with Crippen molar-refractivity contribution < 1.29 is 14.6 Å². The summed E-state index contributed by atoms with van der Waals surface area (Å²) >= 11 is 0. The first kappa shape index (κ1) is 18.7. The quantitative estimate of drug-likeness (QED) is 0.534. The maximum atomic E-state index is 12.5. The van der Waals surface area contributed by atoms with Crippen molar-refractivity contribution in [1.82, 2.24) is 20.5 Å². The molecule has 0 unspecified atom stereocenters. The van der Waals surface area contributed by atoms with Gasteiger partial charge in [-0.3, -0.25) is 10.4 Å². The molecule has 8 nitrogen and oxygen atoms in total. The summed E-state index contributed by atoms with van der Waals surface area (Å²) in [5, 5.41) is 23.6. The van der Waals surface area contributed by atoms with Gasteiger partial charge in [-0.05, 0) is 11.5 Å². The van der Waals surface area contributed by atoms with Gasteiger partial charge in [0.05, 0.1) is 30.2 Å². The van der Waals surface area contributed by atoms with Crippen molar-refractivity contribution in [3.05, 3.63) is 48.2 Å².